The number of aliphatic hydroxyl groups excluding tert-OH is 1. The lowest BCUT2D eigenvalue weighted by Gasteiger charge is -2.14. The van der Waals surface area contributed by atoms with Gasteiger partial charge in [0.1, 0.15) is 12.0 Å². The molecular weight excluding hydrogens is 220 g/mol. The van der Waals surface area contributed by atoms with Crippen LogP contribution in [0.25, 0.3) is 11.0 Å². The molecule has 3 rings (SSSR count). The second-order valence-electron chi connectivity index (χ2n) is 4.30. The highest BCUT2D eigenvalue weighted by Gasteiger charge is 2.26. The number of nitrogens with zero attached hydrogens (tertiary/aromatic N) is 2. The molecule has 0 saturated carbocycles. The lowest BCUT2D eigenvalue weighted by Crippen LogP contribution is -2.13. The van der Waals surface area contributed by atoms with Crippen molar-refractivity contribution in [2.75, 3.05) is 6.61 Å². The smallest absolute Gasteiger partial charge is 0.135 e. The van der Waals surface area contributed by atoms with Gasteiger partial charge in [0.05, 0.1) is 30.1 Å². The zero-order valence-electron chi connectivity index (χ0n) is 9.28. The first kappa shape index (κ1) is 10.6. The van der Waals surface area contributed by atoms with E-state index in [-0.39, 0.29) is 24.7 Å². The number of aliphatic hydroxyl groups is 1. The Bertz CT molecular complexity index is 538. The van der Waals surface area contributed by atoms with E-state index in [4.69, 9.17) is 9.84 Å². The van der Waals surface area contributed by atoms with Gasteiger partial charge in [0.25, 0.3) is 0 Å². The maximum absolute atomic E-state index is 9.49. The van der Waals surface area contributed by atoms with Crippen LogP contribution >= 0.6 is 0 Å². The first-order valence-electron chi connectivity index (χ1n) is 5.70. The SMILES string of the molecule is OC[C@@H]1CC[C@H](n2cnc3ccc(O)cc32)O1. The predicted molar refractivity (Wildman–Crippen MR) is 61.6 cm³/mol. The molecule has 1 aromatic heterocycles. The van der Waals surface area contributed by atoms with E-state index >= 15 is 0 Å². The molecule has 0 amide bonds. The Morgan fingerprint density at radius 1 is 1.41 bits per heavy atom. The normalized spacial score (nSPS) is 24.5. The van der Waals surface area contributed by atoms with Crippen molar-refractivity contribution >= 4 is 11.0 Å². The monoisotopic (exact) mass is 234 g/mol. The summed E-state index contributed by atoms with van der Waals surface area (Å²) in [6, 6.07) is 5.07. The quantitative estimate of drug-likeness (QED) is 0.824. The van der Waals surface area contributed by atoms with Gasteiger partial charge in [0, 0.05) is 6.07 Å². The van der Waals surface area contributed by atoms with Gasteiger partial charge in [-0.05, 0) is 25.0 Å². The topological polar surface area (TPSA) is 67.5 Å². The van der Waals surface area contributed by atoms with Crippen LogP contribution in [0.1, 0.15) is 19.1 Å². The van der Waals surface area contributed by atoms with Gasteiger partial charge < -0.3 is 19.5 Å². The summed E-state index contributed by atoms with van der Waals surface area (Å²) in [6.07, 6.45) is 3.23. The van der Waals surface area contributed by atoms with E-state index in [0.29, 0.717) is 0 Å². The number of ether oxygens (including phenoxy) is 1. The second-order valence-corrected chi connectivity index (χ2v) is 4.30. The molecule has 1 saturated heterocycles. The largest absolute Gasteiger partial charge is 0.508 e. The number of hydrogen-bond donors (Lipinski definition) is 2. The van der Waals surface area contributed by atoms with Gasteiger partial charge in [-0.1, -0.05) is 0 Å². The highest BCUT2D eigenvalue weighted by Crippen LogP contribution is 2.31. The molecule has 1 aromatic carbocycles. The summed E-state index contributed by atoms with van der Waals surface area (Å²) in [5.41, 5.74) is 1.69. The van der Waals surface area contributed by atoms with E-state index in [1.165, 1.54) is 0 Å². The molecule has 1 fully saturated rings. The maximum Gasteiger partial charge on any atom is 0.135 e. The van der Waals surface area contributed by atoms with Crippen molar-refractivity contribution in [1.82, 2.24) is 9.55 Å². The Labute approximate surface area is 98.3 Å². The molecule has 0 radical (unpaired) electrons. The van der Waals surface area contributed by atoms with E-state index in [9.17, 15) is 5.11 Å². The number of imidazole rings is 1. The van der Waals surface area contributed by atoms with Crippen LogP contribution < -0.4 is 0 Å². The molecule has 0 aliphatic carbocycles. The minimum absolute atomic E-state index is 0.0500. The summed E-state index contributed by atoms with van der Waals surface area (Å²) < 4.78 is 7.60. The zero-order valence-corrected chi connectivity index (χ0v) is 9.28. The maximum atomic E-state index is 9.49. The van der Waals surface area contributed by atoms with Gasteiger partial charge in [-0.25, -0.2) is 4.98 Å². The molecule has 0 unspecified atom stereocenters. The minimum Gasteiger partial charge on any atom is -0.508 e. The summed E-state index contributed by atoms with van der Waals surface area (Å²) in [5, 5.41) is 18.5. The lowest BCUT2D eigenvalue weighted by atomic mass is 10.2. The Morgan fingerprint density at radius 3 is 3.06 bits per heavy atom. The molecule has 2 atom stereocenters. The second kappa shape index (κ2) is 4.01. The Morgan fingerprint density at radius 2 is 2.29 bits per heavy atom. The molecule has 17 heavy (non-hydrogen) atoms. The summed E-state index contributed by atoms with van der Waals surface area (Å²) in [7, 11) is 0. The molecule has 0 bridgehead atoms. The molecule has 2 aromatic rings. The highest BCUT2D eigenvalue weighted by molar-refractivity contribution is 5.77. The fraction of sp³-hybridized carbons (Fsp3) is 0.417. The number of hydrogen-bond acceptors (Lipinski definition) is 4. The van der Waals surface area contributed by atoms with Gasteiger partial charge >= 0.3 is 0 Å². The van der Waals surface area contributed by atoms with Crippen LogP contribution in [0, 0.1) is 0 Å². The molecule has 5 nitrogen and oxygen atoms in total. The highest BCUT2D eigenvalue weighted by atomic mass is 16.5. The van der Waals surface area contributed by atoms with E-state index in [0.717, 1.165) is 23.9 Å². The van der Waals surface area contributed by atoms with Crippen molar-refractivity contribution < 1.29 is 14.9 Å². The van der Waals surface area contributed by atoms with Crippen LogP contribution in [0.4, 0.5) is 0 Å². The molecule has 5 heteroatoms. The summed E-state index contributed by atoms with van der Waals surface area (Å²) >= 11 is 0. The fourth-order valence-corrected chi connectivity index (χ4v) is 2.27. The van der Waals surface area contributed by atoms with Gasteiger partial charge in [-0.3, -0.25) is 0 Å². The molecule has 2 heterocycles. The van der Waals surface area contributed by atoms with Crippen LogP contribution in [0.2, 0.25) is 0 Å². The number of phenolic OH excluding ortho intramolecular Hbond substituents is 1. The van der Waals surface area contributed by atoms with Crippen molar-refractivity contribution in [2.24, 2.45) is 0 Å². The third kappa shape index (κ3) is 1.77. The lowest BCUT2D eigenvalue weighted by molar-refractivity contribution is -0.0204. The first-order valence-corrected chi connectivity index (χ1v) is 5.70. The molecule has 1 aliphatic rings. The average molecular weight is 234 g/mol. The van der Waals surface area contributed by atoms with E-state index < -0.39 is 0 Å². The zero-order chi connectivity index (χ0) is 11.8. The Kier molecular flexibility index (Phi) is 2.49. The van der Waals surface area contributed by atoms with Gasteiger partial charge in [-0.15, -0.1) is 0 Å². The standard InChI is InChI=1S/C12H14N2O3/c15-6-9-2-4-12(17-9)14-7-13-10-3-1-8(16)5-11(10)14/h1,3,5,7,9,12,15-16H,2,4,6H2/t9-,12+/m0/s1. The Balaban J connectivity index is 1.98. The number of fused-ring (bicyclic) bond motifs is 1. The third-order valence-electron chi connectivity index (χ3n) is 3.16. The number of benzene rings is 1. The summed E-state index contributed by atoms with van der Waals surface area (Å²) in [6.45, 7) is 0.0500. The van der Waals surface area contributed by atoms with Gasteiger partial charge in [-0.2, -0.15) is 0 Å². The van der Waals surface area contributed by atoms with Crippen LogP contribution in [0.15, 0.2) is 24.5 Å². The minimum atomic E-state index is -0.0982. The number of aromatic hydroxyl groups is 1. The van der Waals surface area contributed by atoms with Crippen molar-refractivity contribution in [3.63, 3.8) is 0 Å². The molecule has 1 aliphatic heterocycles. The predicted octanol–water partition coefficient (Wildman–Crippen LogP) is 1.41. The number of aromatic nitrogens is 2. The molecular formula is C12H14N2O3. The van der Waals surface area contributed by atoms with Crippen molar-refractivity contribution in [2.45, 2.75) is 25.2 Å². The van der Waals surface area contributed by atoms with E-state index in [2.05, 4.69) is 4.98 Å². The summed E-state index contributed by atoms with van der Waals surface area (Å²) in [4.78, 5) is 4.26. The van der Waals surface area contributed by atoms with Gasteiger partial charge in [0.15, 0.2) is 0 Å². The van der Waals surface area contributed by atoms with E-state index in [1.807, 2.05) is 4.57 Å². The van der Waals surface area contributed by atoms with Crippen LogP contribution in [-0.4, -0.2) is 32.5 Å². The average Bonchev–Trinajstić information content (AvgIpc) is 2.93. The number of phenols is 1. The van der Waals surface area contributed by atoms with Crippen LogP contribution in [0.5, 0.6) is 5.75 Å². The van der Waals surface area contributed by atoms with Crippen molar-refractivity contribution in [1.29, 1.82) is 0 Å². The van der Waals surface area contributed by atoms with Gasteiger partial charge in [0.2, 0.25) is 0 Å². The fourth-order valence-electron chi connectivity index (χ4n) is 2.27. The molecule has 2 N–H and O–H groups in total. The third-order valence-corrected chi connectivity index (χ3v) is 3.16. The van der Waals surface area contributed by atoms with Crippen LogP contribution in [-0.2, 0) is 4.74 Å². The molecule has 0 spiro atoms. The molecule has 90 valence electrons. The van der Waals surface area contributed by atoms with Crippen LogP contribution in [0.3, 0.4) is 0 Å². The number of rotatable bonds is 2. The van der Waals surface area contributed by atoms with Crippen molar-refractivity contribution in [3.8, 4) is 5.75 Å². The first-order chi connectivity index (χ1) is 8.28. The van der Waals surface area contributed by atoms with E-state index in [1.54, 1.807) is 24.5 Å². The Hall–Kier alpha value is -1.59. The summed E-state index contributed by atoms with van der Waals surface area (Å²) in [5.74, 6) is 0.218. The van der Waals surface area contributed by atoms with Crippen molar-refractivity contribution in [3.05, 3.63) is 24.5 Å².